The molecule has 0 aliphatic carbocycles. The number of sulfonamides is 1. The zero-order chi connectivity index (χ0) is 14.7. The van der Waals surface area contributed by atoms with Crippen molar-refractivity contribution in [1.29, 1.82) is 0 Å². The highest BCUT2D eigenvalue weighted by molar-refractivity contribution is 9.11. The summed E-state index contributed by atoms with van der Waals surface area (Å²) in [6, 6.07) is 1.40. The van der Waals surface area contributed by atoms with Gasteiger partial charge in [0.1, 0.15) is 4.90 Å². The molecule has 11 heteroatoms. The van der Waals surface area contributed by atoms with Crippen LogP contribution in [0.25, 0.3) is 0 Å². The Hall–Kier alpha value is 0.190. The monoisotopic (exact) mass is 398 g/mol. The standard InChI is InChI=1S/C8H10BrF3N2O2S3/c9-7-6(3-5(4-13)18-7)19(15,16)14-1-2-17-8(10,11)12/h3,14H,1-2,4,13H2. The quantitative estimate of drug-likeness (QED) is 0.722. The second kappa shape index (κ2) is 6.76. The molecule has 0 aliphatic heterocycles. The van der Waals surface area contributed by atoms with E-state index >= 15 is 0 Å². The van der Waals surface area contributed by atoms with Crippen LogP contribution in [0.5, 0.6) is 0 Å². The fraction of sp³-hybridized carbons (Fsp3) is 0.500. The second-order valence-electron chi connectivity index (χ2n) is 3.25. The third-order valence-corrected chi connectivity index (χ3v) is 6.33. The lowest BCUT2D eigenvalue weighted by molar-refractivity contribution is -0.0327. The molecule has 0 spiro atoms. The highest BCUT2D eigenvalue weighted by atomic mass is 79.9. The molecule has 0 unspecified atom stereocenters. The third kappa shape index (κ3) is 5.60. The highest BCUT2D eigenvalue weighted by Crippen LogP contribution is 2.32. The minimum Gasteiger partial charge on any atom is -0.326 e. The summed E-state index contributed by atoms with van der Waals surface area (Å²) in [5, 5.41) is 0. The number of nitrogens with two attached hydrogens (primary N) is 1. The Morgan fingerprint density at radius 1 is 1.47 bits per heavy atom. The average molecular weight is 399 g/mol. The number of nitrogens with one attached hydrogen (secondary N) is 1. The normalized spacial score (nSPS) is 12.9. The van der Waals surface area contributed by atoms with Crippen molar-refractivity contribution in [3.05, 3.63) is 14.7 Å². The van der Waals surface area contributed by atoms with Crippen LogP contribution in [-0.4, -0.2) is 26.2 Å². The van der Waals surface area contributed by atoms with Gasteiger partial charge in [-0.1, -0.05) is 0 Å². The molecule has 110 valence electrons. The van der Waals surface area contributed by atoms with Crippen molar-refractivity contribution in [3.8, 4) is 0 Å². The van der Waals surface area contributed by atoms with Crippen molar-refractivity contribution in [2.24, 2.45) is 5.73 Å². The molecule has 1 aromatic rings. The highest BCUT2D eigenvalue weighted by Gasteiger charge is 2.28. The van der Waals surface area contributed by atoms with Crippen molar-refractivity contribution in [2.75, 3.05) is 12.3 Å². The summed E-state index contributed by atoms with van der Waals surface area (Å²) in [5.74, 6) is -0.381. The van der Waals surface area contributed by atoms with Crippen molar-refractivity contribution >= 4 is 49.1 Å². The SMILES string of the molecule is NCc1cc(S(=O)(=O)NCCSC(F)(F)F)c(Br)s1. The van der Waals surface area contributed by atoms with Crippen LogP contribution in [0, 0.1) is 0 Å². The molecule has 0 saturated heterocycles. The molecule has 1 heterocycles. The second-order valence-corrected chi connectivity index (χ2v) is 8.60. The van der Waals surface area contributed by atoms with E-state index in [2.05, 4.69) is 20.7 Å². The van der Waals surface area contributed by atoms with Gasteiger partial charge in [0.2, 0.25) is 10.0 Å². The van der Waals surface area contributed by atoms with E-state index in [-0.39, 0.29) is 35.5 Å². The zero-order valence-electron chi connectivity index (χ0n) is 9.33. The van der Waals surface area contributed by atoms with Gasteiger partial charge in [-0.05, 0) is 33.8 Å². The Morgan fingerprint density at radius 2 is 2.11 bits per heavy atom. The molecule has 0 amide bonds. The Kier molecular flexibility index (Phi) is 6.14. The van der Waals surface area contributed by atoms with Crippen molar-refractivity contribution in [3.63, 3.8) is 0 Å². The number of hydrogen-bond acceptors (Lipinski definition) is 5. The van der Waals surface area contributed by atoms with Gasteiger partial charge in [0.25, 0.3) is 0 Å². The van der Waals surface area contributed by atoms with Crippen LogP contribution in [0.15, 0.2) is 14.7 Å². The van der Waals surface area contributed by atoms with Gasteiger partial charge in [0.05, 0.1) is 3.79 Å². The lowest BCUT2D eigenvalue weighted by atomic mass is 10.5. The fourth-order valence-electron chi connectivity index (χ4n) is 1.10. The maximum absolute atomic E-state index is 11.9. The van der Waals surface area contributed by atoms with E-state index in [9.17, 15) is 21.6 Å². The Morgan fingerprint density at radius 3 is 2.58 bits per heavy atom. The molecule has 0 fully saturated rings. The van der Waals surface area contributed by atoms with E-state index in [0.717, 1.165) is 0 Å². The summed E-state index contributed by atoms with van der Waals surface area (Å²) in [5.41, 5.74) is 1.03. The summed E-state index contributed by atoms with van der Waals surface area (Å²) in [7, 11) is -3.82. The van der Waals surface area contributed by atoms with Crippen molar-refractivity contribution < 1.29 is 21.6 Å². The first-order chi connectivity index (χ1) is 8.65. The van der Waals surface area contributed by atoms with Crippen LogP contribution in [0.4, 0.5) is 13.2 Å². The lowest BCUT2D eigenvalue weighted by Gasteiger charge is -2.07. The summed E-state index contributed by atoms with van der Waals surface area (Å²) >= 11 is 3.99. The number of alkyl halides is 3. The molecule has 4 nitrogen and oxygen atoms in total. The maximum Gasteiger partial charge on any atom is 0.441 e. The average Bonchev–Trinajstić information content (AvgIpc) is 2.66. The molecule has 0 atom stereocenters. The molecule has 0 radical (unpaired) electrons. The van der Waals surface area contributed by atoms with Crippen LogP contribution in [0.2, 0.25) is 0 Å². The largest absolute Gasteiger partial charge is 0.441 e. The predicted molar refractivity (Wildman–Crippen MR) is 73.6 cm³/mol. The molecule has 3 N–H and O–H groups in total. The molecule has 0 saturated carbocycles. The van der Waals surface area contributed by atoms with Gasteiger partial charge in [-0.15, -0.1) is 11.3 Å². The predicted octanol–water partition coefficient (Wildman–Crippen LogP) is 2.50. The Labute approximate surface area is 125 Å². The maximum atomic E-state index is 11.9. The molecule has 0 bridgehead atoms. The van der Waals surface area contributed by atoms with Gasteiger partial charge < -0.3 is 5.73 Å². The Bertz CT molecular complexity index is 530. The van der Waals surface area contributed by atoms with Gasteiger partial charge in [-0.3, -0.25) is 0 Å². The van der Waals surface area contributed by atoms with E-state index in [0.29, 0.717) is 8.66 Å². The Balaban J connectivity index is 2.63. The molecular weight excluding hydrogens is 389 g/mol. The molecule has 0 aromatic carbocycles. The van der Waals surface area contributed by atoms with Gasteiger partial charge >= 0.3 is 5.51 Å². The van der Waals surface area contributed by atoms with Crippen LogP contribution < -0.4 is 10.5 Å². The summed E-state index contributed by atoms with van der Waals surface area (Å²) in [6.07, 6.45) is 0. The summed E-state index contributed by atoms with van der Waals surface area (Å²) < 4.78 is 61.8. The van der Waals surface area contributed by atoms with Crippen molar-refractivity contribution in [1.82, 2.24) is 4.72 Å². The molecule has 0 aliphatic rings. The molecule has 1 aromatic heterocycles. The number of thiophene rings is 1. The zero-order valence-corrected chi connectivity index (χ0v) is 13.4. The number of hydrogen-bond donors (Lipinski definition) is 2. The van der Waals surface area contributed by atoms with E-state index in [1.165, 1.54) is 17.4 Å². The van der Waals surface area contributed by atoms with Crippen LogP contribution in [0.3, 0.4) is 0 Å². The number of thioether (sulfide) groups is 1. The molecular formula is C8H10BrF3N2O2S3. The fourth-order valence-corrected chi connectivity index (χ4v) is 5.26. The minimum atomic E-state index is -4.36. The van der Waals surface area contributed by atoms with Gasteiger partial charge in [-0.25, -0.2) is 13.1 Å². The minimum absolute atomic E-state index is 0.00467. The lowest BCUT2D eigenvalue weighted by Crippen LogP contribution is -2.26. The van der Waals surface area contributed by atoms with Gasteiger partial charge in [0, 0.05) is 23.7 Å². The van der Waals surface area contributed by atoms with E-state index < -0.39 is 15.5 Å². The summed E-state index contributed by atoms with van der Waals surface area (Å²) in [6.45, 7) is -0.102. The number of rotatable bonds is 6. The molecule has 19 heavy (non-hydrogen) atoms. The van der Waals surface area contributed by atoms with Crippen molar-refractivity contribution in [2.45, 2.75) is 16.9 Å². The van der Waals surface area contributed by atoms with Crippen LogP contribution in [0.1, 0.15) is 4.88 Å². The number of halogens is 4. The topological polar surface area (TPSA) is 72.2 Å². The van der Waals surface area contributed by atoms with E-state index in [1.807, 2.05) is 0 Å². The first-order valence-electron chi connectivity index (χ1n) is 4.84. The third-order valence-electron chi connectivity index (χ3n) is 1.86. The summed E-state index contributed by atoms with van der Waals surface area (Å²) in [4.78, 5) is 0.659. The van der Waals surface area contributed by atoms with Gasteiger partial charge in [-0.2, -0.15) is 13.2 Å². The van der Waals surface area contributed by atoms with E-state index in [4.69, 9.17) is 5.73 Å². The van der Waals surface area contributed by atoms with Crippen LogP contribution in [-0.2, 0) is 16.6 Å². The first kappa shape index (κ1) is 17.2. The van der Waals surface area contributed by atoms with Crippen LogP contribution >= 0.6 is 39.0 Å². The molecule has 1 rings (SSSR count). The van der Waals surface area contributed by atoms with Gasteiger partial charge in [0.15, 0.2) is 0 Å². The first-order valence-corrected chi connectivity index (χ1v) is 8.92. The van der Waals surface area contributed by atoms with E-state index in [1.54, 1.807) is 0 Å². The smallest absolute Gasteiger partial charge is 0.326 e.